The van der Waals surface area contributed by atoms with Gasteiger partial charge in [-0.15, -0.1) is 11.6 Å². The summed E-state index contributed by atoms with van der Waals surface area (Å²) in [5.41, 5.74) is 0. The first kappa shape index (κ1) is 17.3. The summed E-state index contributed by atoms with van der Waals surface area (Å²) < 4.78 is 32.6. The second-order valence-electron chi connectivity index (χ2n) is 5.82. The van der Waals surface area contributed by atoms with Crippen molar-refractivity contribution in [3.8, 4) is 0 Å². The van der Waals surface area contributed by atoms with Gasteiger partial charge in [-0.05, 0) is 47.0 Å². The molecule has 0 aliphatic carbocycles. The summed E-state index contributed by atoms with van der Waals surface area (Å²) in [6.45, 7) is 5.54. The fourth-order valence-electron chi connectivity index (χ4n) is 2.78. The van der Waals surface area contributed by atoms with Crippen LogP contribution in [0, 0.1) is 11.8 Å². The minimum atomic E-state index is -3.52. The van der Waals surface area contributed by atoms with Gasteiger partial charge >= 0.3 is 0 Å². The summed E-state index contributed by atoms with van der Waals surface area (Å²) in [5.74, 6) is 1.80. The zero-order valence-electron chi connectivity index (χ0n) is 12.3. The van der Waals surface area contributed by atoms with Crippen molar-refractivity contribution >= 4 is 37.6 Å². The van der Waals surface area contributed by atoms with Crippen LogP contribution in [0.4, 0.5) is 0 Å². The van der Waals surface area contributed by atoms with Crippen LogP contribution < -0.4 is 0 Å². The van der Waals surface area contributed by atoms with Gasteiger partial charge in [-0.3, -0.25) is 0 Å². The number of rotatable bonds is 4. The fraction of sp³-hybridized carbons (Fsp3) is 0.714. The van der Waals surface area contributed by atoms with Gasteiger partial charge in [0.15, 0.2) is 4.67 Å². The first-order chi connectivity index (χ1) is 9.86. The summed E-state index contributed by atoms with van der Waals surface area (Å²) >= 11 is 8.89. The van der Waals surface area contributed by atoms with E-state index in [9.17, 15) is 8.42 Å². The van der Waals surface area contributed by atoms with E-state index in [1.165, 1.54) is 6.07 Å². The van der Waals surface area contributed by atoms with Crippen LogP contribution in [0.25, 0.3) is 0 Å². The Hall–Kier alpha value is -0.0400. The first-order valence-corrected chi connectivity index (χ1v) is 9.97. The summed E-state index contributed by atoms with van der Waals surface area (Å²) in [6, 6.07) is 1.51. The fourth-order valence-corrected chi connectivity index (χ4v) is 5.37. The van der Waals surface area contributed by atoms with E-state index in [0.29, 0.717) is 30.7 Å². The van der Waals surface area contributed by atoms with Crippen LogP contribution in [-0.2, 0) is 15.9 Å². The van der Waals surface area contributed by atoms with Gasteiger partial charge in [-0.2, -0.15) is 4.31 Å². The van der Waals surface area contributed by atoms with Gasteiger partial charge in [0, 0.05) is 19.2 Å². The van der Waals surface area contributed by atoms with Crippen molar-refractivity contribution in [2.45, 2.75) is 43.9 Å². The third-order valence-corrected chi connectivity index (χ3v) is 7.15. The molecule has 2 heterocycles. The van der Waals surface area contributed by atoms with Gasteiger partial charge in [-0.1, -0.05) is 13.8 Å². The van der Waals surface area contributed by atoms with Gasteiger partial charge in [-0.25, -0.2) is 8.42 Å². The zero-order valence-corrected chi connectivity index (χ0v) is 15.5. The number of nitrogens with zero attached hydrogens (tertiary/aromatic N) is 1. The van der Waals surface area contributed by atoms with Crippen LogP contribution in [-0.4, -0.2) is 25.8 Å². The molecule has 1 fully saturated rings. The van der Waals surface area contributed by atoms with Crippen LogP contribution in [0.2, 0.25) is 0 Å². The standard InChI is InChI=1S/C14H21BrClNO3S/c1-10(2)11-4-3-6-17(7-5-11)21(18,19)13-8-12(9-16)20-14(13)15/h8,10-11H,3-7,9H2,1-2H3. The van der Waals surface area contributed by atoms with E-state index in [-0.39, 0.29) is 15.4 Å². The minimum absolute atomic E-state index is 0.156. The second-order valence-corrected chi connectivity index (χ2v) is 8.72. The molecule has 21 heavy (non-hydrogen) atoms. The average molecular weight is 399 g/mol. The Bertz CT molecular complexity index is 585. The molecule has 0 saturated carbocycles. The number of furan rings is 1. The SMILES string of the molecule is CC(C)C1CCCN(S(=O)(=O)c2cc(CCl)oc2Br)CC1. The lowest BCUT2D eigenvalue weighted by atomic mass is 9.89. The summed E-state index contributed by atoms with van der Waals surface area (Å²) in [7, 11) is -3.52. The topological polar surface area (TPSA) is 50.5 Å². The molecule has 0 radical (unpaired) electrons. The zero-order chi connectivity index (χ0) is 15.6. The highest BCUT2D eigenvalue weighted by molar-refractivity contribution is 9.10. The van der Waals surface area contributed by atoms with E-state index in [4.69, 9.17) is 16.0 Å². The van der Waals surface area contributed by atoms with Crippen molar-refractivity contribution in [2.24, 2.45) is 11.8 Å². The normalized spacial score (nSPS) is 21.7. The van der Waals surface area contributed by atoms with Crippen LogP contribution in [0.5, 0.6) is 0 Å². The van der Waals surface area contributed by atoms with Crippen molar-refractivity contribution in [1.82, 2.24) is 4.31 Å². The van der Waals surface area contributed by atoms with E-state index in [0.717, 1.165) is 19.3 Å². The van der Waals surface area contributed by atoms with Gasteiger partial charge in [0.1, 0.15) is 10.7 Å². The van der Waals surface area contributed by atoms with Gasteiger partial charge in [0.05, 0.1) is 5.88 Å². The predicted octanol–water partition coefficient (Wildman–Crippen LogP) is 4.23. The molecule has 4 nitrogen and oxygen atoms in total. The van der Waals surface area contributed by atoms with Crippen LogP contribution in [0.15, 0.2) is 20.0 Å². The molecule has 0 bridgehead atoms. The Balaban J connectivity index is 2.21. The first-order valence-electron chi connectivity index (χ1n) is 7.20. The van der Waals surface area contributed by atoms with E-state index in [1.54, 1.807) is 4.31 Å². The molecular weight excluding hydrogens is 378 g/mol. The van der Waals surface area contributed by atoms with E-state index < -0.39 is 10.0 Å². The maximum Gasteiger partial charge on any atom is 0.247 e. The molecule has 7 heteroatoms. The lowest BCUT2D eigenvalue weighted by molar-refractivity contribution is 0.340. The Morgan fingerprint density at radius 2 is 2.14 bits per heavy atom. The quantitative estimate of drug-likeness (QED) is 0.713. The number of hydrogen-bond donors (Lipinski definition) is 0. The maximum atomic E-state index is 12.8. The highest BCUT2D eigenvalue weighted by Gasteiger charge is 2.31. The summed E-state index contributed by atoms with van der Waals surface area (Å²) in [6.07, 6.45) is 2.90. The molecule has 1 aliphatic rings. The number of alkyl halides is 1. The Labute approximate surface area is 140 Å². The number of hydrogen-bond acceptors (Lipinski definition) is 3. The molecule has 0 amide bonds. The average Bonchev–Trinajstić information content (AvgIpc) is 2.65. The highest BCUT2D eigenvalue weighted by Crippen LogP contribution is 2.32. The van der Waals surface area contributed by atoms with Gasteiger partial charge in [0.25, 0.3) is 0 Å². The third-order valence-electron chi connectivity index (χ3n) is 4.13. The van der Waals surface area contributed by atoms with Crippen molar-refractivity contribution in [2.75, 3.05) is 13.1 Å². The van der Waals surface area contributed by atoms with Crippen LogP contribution in [0.1, 0.15) is 38.9 Å². The molecule has 1 aromatic rings. The van der Waals surface area contributed by atoms with E-state index in [2.05, 4.69) is 29.8 Å². The molecule has 2 rings (SSSR count). The summed E-state index contributed by atoms with van der Waals surface area (Å²) in [4.78, 5) is 0.182. The predicted molar refractivity (Wildman–Crippen MR) is 86.9 cm³/mol. The van der Waals surface area contributed by atoms with Gasteiger partial charge in [0.2, 0.25) is 10.0 Å². The Kier molecular flexibility index (Phi) is 5.79. The van der Waals surface area contributed by atoms with Crippen LogP contribution >= 0.6 is 27.5 Å². The summed E-state index contributed by atoms with van der Waals surface area (Å²) in [5, 5.41) is 0. The number of halogens is 2. The molecule has 0 aromatic carbocycles. The van der Waals surface area contributed by atoms with Crippen molar-refractivity contribution in [3.05, 3.63) is 16.5 Å². The number of sulfonamides is 1. The molecule has 1 atom stereocenters. The van der Waals surface area contributed by atoms with Crippen molar-refractivity contribution < 1.29 is 12.8 Å². The Morgan fingerprint density at radius 3 is 2.71 bits per heavy atom. The maximum absolute atomic E-state index is 12.8. The van der Waals surface area contributed by atoms with E-state index >= 15 is 0 Å². The molecule has 1 aliphatic heterocycles. The Morgan fingerprint density at radius 1 is 1.43 bits per heavy atom. The molecule has 120 valence electrons. The lowest BCUT2D eigenvalue weighted by Gasteiger charge is -2.20. The lowest BCUT2D eigenvalue weighted by Crippen LogP contribution is -2.32. The highest BCUT2D eigenvalue weighted by atomic mass is 79.9. The van der Waals surface area contributed by atoms with E-state index in [1.807, 2.05) is 0 Å². The largest absolute Gasteiger partial charge is 0.452 e. The molecule has 0 N–H and O–H groups in total. The third kappa shape index (κ3) is 3.84. The molecule has 1 saturated heterocycles. The molecule has 1 unspecified atom stereocenters. The van der Waals surface area contributed by atoms with Crippen LogP contribution in [0.3, 0.4) is 0 Å². The molecule has 1 aromatic heterocycles. The smallest absolute Gasteiger partial charge is 0.247 e. The van der Waals surface area contributed by atoms with Crippen molar-refractivity contribution in [3.63, 3.8) is 0 Å². The molecule has 0 spiro atoms. The van der Waals surface area contributed by atoms with Crippen molar-refractivity contribution in [1.29, 1.82) is 0 Å². The molecular formula is C14H21BrClNO3S. The minimum Gasteiger partial charge on any atom is -0.452 e. The second kappa shape index (κ2) is 7.02. The monoisotopic (exact) mass is 397 g/mol. The van der Waals surface area contributed by atoms with Gasteiger partial charge < -0.3 is 4.42 Å².